The Hall–Kier alpha value is -3.01. The molecule has 1 aliphatic heterocycles. The first kappa shape index (κ1) is 20.3. The molecule has 1 saturated heterocycles. The molecule has 1 atom stereocenters. The second-order valence-electron chi connectivity index (χ2n) is 7.96. The summed E-state index contributed by atoms with van der Waals surface area (Å²) in [6.45, 7) is 4.76. The lowest BCUT2D eigenvalue weighted by atomic mass is 10.1. The quantitative estimate of drug-likeness (QED) is 0.583. The Balaban J connectivity index is 1.33. The van der Waals surface area contributed by atoms with E-state index in [1.54, 1.807) is 0 Å². The molecular formula is C26H30N2O2. The molecule has 3 aromatic rings. The molecule has 0 radical (unpaired) electrons. The summed E-state index contributed by atoms with van der Waals surface area (Å²) in [4.78, 5) is 15.1. The van der Waals surface area contributed by atoms with Gasteiger partial charge in [0, 0.05) is 25.3 Å². The molecule has 4 nitrogen and oxygen atoms in total. The lowest BCUT2D eigenvalue weighted by Gasteiger charge is -2.28. The van der Waals surface area contributed by atoms with Gasteiger partial charge in [-0.05, 0) is 66.3 Å². The van der Waals surface area contributed by atoms with Crippen molar-refractivity contribution in [1.29, 1.82) is 0 Å². The van der Waals surface area contributed by atoms with E-state index in [4.69, 9.17) is 4.74 Å². The molecular weight excluding hydrogens is 372 g/mol. The Kier molecular flexibility index (Phi) is 6.53. The number of ether oxygens (including phenoxy) is 1. The minimum atomic E-state index is -0.501. The molecule has 4 rings (SSSR count). The Bertz CT molecular complexity index is 978. The third kappa shape index (κ3) is 4.93. The highest BCUT2D eigenvalue weighted by atomic mass is 16.5. The summed E-state index contributed by atoms with van der Waals surface area (Å²) in [7, 11) is 0. The Morgan fingerprint density at radius 1 is 0.967 bits per heavy atom. The highest BCUT2D eigenvalue weighted by Crippen LogP contribution is 2.22. The number of carbonyl (C=O) groups is 1. The van der Waals surface area contributed by atoms with Gasteiger partial charge in [-0.15, -0.1) is 0 Å². The number of fused-ring (bicyclic) bond motifs is 1. The van der Waals surface area contributed by atoms with Gasteiger partial charge in [-0.2, -0.15) is 0 Å². The maximum Gasteiger partial charge on any atom is 0.261 e. The molecule has 1 fully saturated rings. The smallest absolute Gasteiger partial charge is 0.261 e. The molecule has 3 aromatic carbocycles. The van der Waals surface area contributed by atoms with Gasteiger partial charge in [0.1, 0.15) is 5.75 Å². The lowest BCUT2D eigenvalue weighted by molar-refractivity contribution is -0.128. The summed E-state index contributed by atoms with van der Waals surface area (Å²) in [6, 6.07) is 22.6. The first-order valence-corrected chi connectivity index (χ1v) is 11.0. The van der Waals surface area contributed by atoms with Gasteiger partial charge in [0.05, 0.1) is 0 Å². The van der Waals surface area contributed by atoms with E-state index in [0.717, 1.165) is 35.2 Å². The standard InChI is InChI=1S/C26H30N2O2/c1-2-25(30-24-15-12-21-8-4-5-9-22(21)18-24)26(29)27-19-20-10-13-23(14-11-20)28-16-6-3-7-17-28/h4-5,8-15,18,25H,2-3,6-7,16-17,19H2,1H3,(H,27,29). The van der Waals surface area contributed by atoms with E-state index in [0.29, 0.717) is 13.0 Å². The zero-order valence-electron chi connectivity index (χ0n) is 17.6. The van der Waals surface area contributed by atoms with Crippen LogP contribution in [0.3, 0.4) is 0 Å². The Morgan fingerprint density at radius 2 is 1.70 bits per heavy atom. The highest BCUT2D eigenvalue weighted by molar-refractivity contribution is 5.84. The second kappa shape index (κ2) is 9.66. The van der Waals surface area contributed by atoms with Crippen LogP contribution in [0, 0.1) is 0 Å². The fraction of sp³-hybridized carbons (Fsp3) is 0.346. The lowest BCUT2D eigenvalue weighted by Crippen LogP contribution is -2.37. The molecule has 30 heavy (non-hydrogen) atoms. The van der Waals surface area contributed by atoms with Crippen LogP contribution in [-0.4, -0.2) is 25.1 Å². The van der Waals surface area contributed by atoms with E-state index >= 15 is 0 Å². The fourth-order valence-corrected chi connectivity index (χ4v) is 4.01. The number of rotatable bonds is 7. The van der Waals surface area contributed by atoms with Crippen molar-refractivity contribution >= 4 is 22.4 Å². The van der Waals surface area contributed by atoms with Crippen molar-refractivity contribution in [3.05, 3.63) is 72.3 Å². The fourth-order valence-electron chi connectivity index (χ4n) is 4.01. The van der Waals surface area contributed by atoms with Gasteiger partial charge in [0.2, 0.25) is 0 Å². The van der Waals surface area contributed by atoms with Crippen molar-refractivity contribution in [2.24, 2.45) is 0 Å². The van der Waals surface area contributed by atoms with Crippen LogP contribution in [0.4, 0.5) is 5.69 Å². The summed E-state index contributed by atoms with van der Waals surface area (Å²) in [5.41, 5.74) is 2.38. The minimum Gasteiger partial charge on any atom is -0.481 e. The first-order chi connectivity index (χ1) is 14.7. The largest absolute Gasteiger partial charge is 0.481 e. The van der Waals surface area contributed by atoms with E-state index in [9.17, 15) is 4.79 Å². The predicted molar refractivity (Wildman–Crippen MR) is 123 cm³/mol. The number of hydrogen-bond donors (Lipinski definition) is 1. The normalized spacial score (nSPS) is 15.0. The number of piperidine rings is 1. The van der Waals surface area contributed by atoms with Gasteiger partial charge in [-0.1, -0.05) is 49.4 Å². The number of anilines is 1. The third-order valence-corrected chi connectivity index (χ3v) is 5.79. The Morgan fingerprint density at radius 3 is 2.43 bits per heavy atom. The van der Waals surface area contributed by atoms with E-state index in [1.165, 1.54) is 24.9 Å². The van der Waals surface area contributed by atoms with E-state index in [-0.39, 0.29) is 5.91 Å². The zero-order valence-corrected chi connectivity index (χ0v) is 17.6. The van der Waals surface area contributed by atoms with Crippen LogP contribution in [0.1, 0.15) is 38.2 Å². The predicted octanol–water partition coefficient (Wildman–Crippen LogP) is 5.30. The van der Waals surface area contributed by atoms with Gasteiger partial charge in [0.25, 0.3) is 5.91 Å². The van der Waals surface area contributed by atoms with Gasteiger partial charge >= 0.3 is 0 Å². The average molecular weight is 403 g/mol. The zero-order chi connectivity index (χ0) is 20.8. The molecule has 0 aliphatic carbocycles. The number of amides is 1. The highest BCUT2D eigenvalue weighted by Gasteiger charge is 2.18. The van der Waals surface area contributed by atoms with Crippen LogP contribution in [0.2, 0.25) is 0 Å². The number of nitrogens with zero attached hydrogens (tertiary/aromatic N) is 1. The van der Waals surface area contributed by atoms with Crippen LogP contribution in [0.25, 0.3) is 10.8 Å². The van der Waals surface area contributed by atoms with Crippen LogP contribution < -0.4 is 15.0 Å². The van der Waals surface area contributed by atoms with Gasteiger partial charge < -0.3 is 15.0 Å². The molecule has 0 spiro atoms. The average Bonchev–Trinajstić information content (AvgIpc) is 2.82. The molecule has 1 amide bonds. The number of carbonyl (C=O) groups excluding carboxylic acids is 1. The van der Waals surface area contributed by atoms with Crippen molar-refractivity contribution in [2.75, 3.05) is 18.0 Å². The molecule has 1 aliphatic rings. The van der Waals surface area contributed by atoms with Crippen molar-refractivity contribution in [1.82, 2.24) is 5.32 Å². The van der Waals surface area contributed by atoms with Gasteiger partial charge in [-0.3, -0.25) is 4.79 Å². The second-order valence-corrected chi connectivity index (χ2v) is 7.96. The summed E-state index contributed by atoms with van der Waals surface area (Å²) in [6.07, 6.45) is 3.99. The van der Waals surface area contributed by atoms with Crippen molar-refractivity contribution in [3.8, 4) is 5.75 Å². The summed E-state index contributed by atoms with van der Waals surface area (Å²) >= 11 is 0. The van der Waals surface area contributed by atoms with Gasteiger partial charge in [0.15, 0.2) is 6.10 Å². The summed E-state index contributed by atoms with van der Waals surface area (Å²) in [5.74, 6) is 0.646. The van der Waals surface area contributed by atoms with Crippen LogP contribution in [0.5, 0.6) is 5.75 Å². The monoisotopic (exact) mass is 402 g/mol. The topological polar surface area (TPSA) is 41.6 Å². The summed E-state index contributed by atoms with van der Waals surface area (Å²) < 4.78 is 6.00. The molecule has 0 aromatic heterocycles. The maximum absolute atomic E-state index is 12.7. The van der Waals surface area contributed by atoms with Crippen molar-refractivity contribution in [3.63, 3.8) is 0 Å². The van der Waals surface area contributed by atoms with E-state index in [2.05, 4.69) is 46.6 Å². The minimum absolute atomic E-state index is 0.0780. The maximum atomic E-state index is 12.7. The van der Waals surface area contributed by atoms with E-state index < -0.39 is 6.10 Å². The number of hydrogen-bond acceptors (Lipinski definition) is 3. The number of benzene rings is 3. The summed E-state index contributed by atoms with van der Waals surface area (Å²) in [5, 5.41) is 5.30. The first-order valence-electron chi connectivity index (χ1n) is 11.0. The number of nitrogens with one attached hydrogen (secondary N) is 1. The van der Waals surface area contributed by atoms with Crippen LogP contribution in [-0.2, 0) is 11.3 Å². The van der Waals surface area contributed by atoms with Crippen LogP contribution in [0.15, 0.2) is 66.7 Å². The molecule has 1 N–H and O–H groups in total. The molecule has 1 heterocycles. The third-order valence-electron chi connectivity index (χ3n) is 5.79. The molecule has 0 bridgehead atoms. The molecule has 1 unspecified atom stereocenters. The molecule has 4 heteroatoms. The Labute approximate surface area is 178 Å². The molecule has 0 saturated carbocycles. The SMILES string of the molecule is CCC(Oc1ccc2ccccc2c1)C(=O)NCc1ccc(N2CCCCC2)cc1. The van der Waals surface area contributed by atoms with Crippen molar-refractivity contribution < 1.29 is 9.53 Å². The van der Waals surface area contributed by atoms with E-state index in [1.807, 2.05) is 37.3 Å². The van der Waals surface area contributed by atoms with Crippen LogP contribution >= 0.6 is 0 Å². The van der Waals surface area contributed by atoms with Gasteiger partial charge in [-0.25, -0.2) is 0 Å². The van der Waals surface area contributed by atoms with Crippen molar-refractivity contribution in [2.45, 2.75) is 45.3 Å². The molecule has 156 valence electrons.